The van der Waals surface area contributed by atoms with Crippen LogP contribution in [0.2, 0.25) is 0 Å². The van der Waals surface area contributed by atoms with Crippen LogP contribution in [-0.4, -0.2) is 47.3 Å². The third-order valence-electron chi connectivity index (χ3n) is 6.80. The van der Waals surface area contributed by atoms with Crippen LogP contribution in [0, 0.1) is 6.92 Å². The number of nitrogens with zero attached hydrogens (tertiary/aromatic N) is 1. The zero-order valence-corrected chi connectivity index (χ0v) is 25.4. The van der Waals surface area contributed by atoms with Gasteiger partial charge in [-0.05, 0) is 78.6 Å². The molecule has 0 atom stereocenters. The maximum absolute atomic E-state index is 13.1. The van der Waals surface area contributed by atoms with Gasteiger partial charge in [0.05, 0.1) is 44.0 Å². The van der Waals surface area contributed by atoms with E-state index in [1.807, 2.05) is 43.3 Å². The van der Waals surface area contributed by atoms with Crippen LogP contribution in [-0.2, 0) is 23.0 Å². The second-order valence-corrected chi connectivity index (χ2v) is 11.9. The van der Waals surface area contributed by atoms with Gasteiger partial charge in [0, 0.05) is 12.1 Å². The lowest BCUT2D eigenvalue weighted by atomic mass is 10.1. The molecule has 9 nitrogen and oxygen atoms in total. The van der Waals surface area contributed by atoms with E-state index in [4.69, 9.17) is 9.47 Å². The number of aryl methyl sites for hydroxylation is 1. The van der Waals surface area contributed by atoms with Crippen molar-refractivity contribution in [3.63, 3.8) is 0 Å². The zero-order chi connectivity index (χ0) is 31.0. The van der Waals surface area contributed by atoms with Crippen LogP contribution in [0.25, 0.3) is 0 Å². The monoisotopic (exact) mass is 601 g/mol. The Bertz CT molecular complexity index is 1700. The van der Waals surface area contributed by atoms with Crippen LogP contribution in [0.4, 0.5) is 11.4 Å². The summed E-state index contributed by atoms with van der Waals surface area (Å²) in [6, 6.07) is 26.4. The molecule has 0 radical (unpaired) electrons. The lowest BCUT2D eigenvalue weighted by Gasteiger charge is -2.23. The molecule has 0 fully saturated rings. The van der Waals surface area contributed by atoms with Crippen LogP contribution >= 0.6 is 0 Å². The van der Waals surface area contributed by atoms with Crippen molar-refractivity contribution in [2.24, 2.45) is 0 Å². The minimum Gasteiger partial charge on any atom is -0.493 e. The van der Waals surface area contributed by atoms with Crippen molar-refractivity contribution < 1.29 is 27.5 Å². The van der Waals surface area contributed by atoms with E-state index in [2.05, 4.69) is 10.6 Å². The molecule has 0 spiro atoms. The molecule has 0 aliphatic rings. The number of ether oxygens (including phenoxy) is 2. The van der Waals surface area contributed by atoms with Crippen molar-refractivity contribution in [3.05, 3.63) is 119 Å². The number of benzene rings is 4. The molecule has 0 unspecified atom stereocenters. The molecule has 0 saturated heterocycles. The number of hydrogen-bond donors (Lipinski definition) is 2. The average molecular weight is 602 g/mol. The summed E-state index contributed by atoms with van der Waals surface area (Å²) in [6.45, 7) is 2.40. The molecular weight excluding hydrogens is 566 g/mol. The number of carbonyl (C=O) groups is 2. The largest absolute Gasteiger partial charge is 0.493 e. The quantitative estimate of drug-likeness (QED) is 0.231. The van der Waals surface area contributed by atoms with Gasteiger partial charge in [-0.3, -0.25) is 13.9 Å². The Morgan fingerprint density at radius 3 is 2.16 bits per heavy atom. The van der Waals surface area contributed by atoms with Gasteiger partial charge in [0.1, 0.15) is 0 Å². The van der Waals surface area contributed by atoms with Crippen LogP contribution in [0.15, 0.2) is 91.0 Å². The smallest absolute Gasteiger partial charge is 0.255 e. The van der Waals surface area contributed by atoms with Gasteiger partial charge in [0.25, 0.3) is 11.8 Å². The number of hydrogen-bond acceptors (Lipinski definition) is 6. The van der Waals surface area contributed by atoms with Gasteiger partial charge in [-0.1, -0.05) is 42.5 Å². The summed E-state index contributed by atoms with van der Waals surface area (Å²) in [5.41, 5.74) is 4.30. The Morgan fingerprint density at radius 2 is 1.49 bits per heavy atom. The molecule has 4 aromatic rings. The highest BCUT2D eigenvalue weighted by molar-refractivity contribution is 7.92. The lowest BCUT2D eigenvalue weighted by molar-refractivity contribution is 0.0955. The van der Waals surface area contributed by atoms with E-state index in [9.17, 15) is 18.0 Å². The first kappa shape index (κ1) is 31.1. The molecule has 2 N–H and O–H groups in total. The molecule has 0 aromatic heterocycles. The third kappa shape index (κ3) is 8.14. The summed E-state index contributed by atoms with van der Waals surface area (Å²) in [7, 11) is -0.390. The van der Waals surface area contributed by atoms with Crippen molar-refractivity contribution in [2.75, 3.05) is 36.6 Å². The van der Waals surface area contributed by atoms with Gasteiger partial charge >= 0.3 is 0 Å². The molecule has 0 saturated carbocycles. The Kier molecular flexibility index (Phi) is 10.0. The SMILES string of the molecule is COc1ccc(CCNC(=O)c2ccccc2NC(=O)c2ccc(CN(c3cccc(C)c3)S(C)(=O)=O)cc2)cc1OC. The summed E-state index contributed by atoms with van der Waals surface area (Å²) < 4.78 is 37.0. The molecule has 4 rings (SSSR count). The van der Waals surface area contributed by atoms with Crippen LogP contribution < -0.4 is 24.4 Å². The predicted octanol–water partition coefficient (Wildman–Crippen LogP) is 5.20. The number of amides is 2. The Balaban J connectivity index is 1.40. The van der Waals surface area contributed by atoms with E-state index >= 15 is 0 Å². The first-order chi connectivity index (χ1) is 20.6. The Morgan fingerprint density at radius 1 is 0.791 bits per heavy atom. The molecule has 43 heavy (non-hydrogen) atoms. The second-order valence-electron chi connectivity index (χ2n) is 10.0. The summed E-state index contributed by atoms with van der Waals surface area (Å²) in [4.78, 5) is 26.1. The first-order valence-electron chi connectivity index (χ1n) is 13.6. The summed E-state index contributed by atoms with van der Waals surface area (Å²) in [5.74, 6) is 0.540. The maximum Gasteiger partial charge on any atom is 0.255 e. The molecule has 0 bridgehead atoms. The number of carbonyl (C=O) groups excluding carboxylic acids is 2. The fourth-order valence-electron chi connectivity index (χ4n) is 4.55. The lowest BCUT2D eigenvalue weighted by Crippen LogP contribution is -2.29. The average Bonchev–Trinajstić information content (AvgIpc) is 2.99. The van der Waals surface area contributed by atoms with Crippen molar-refractivity contribution in [1.82, 2.24) is 5.32 Å². The molecule has 2 amide bonds. The summed E-state index contributed by atoms with van der Waals surface area (Å²) in [5, 5.41) is 5.73. The van der Waals surface area contributed by atoms with Gasteiger partial charge in [-0.25, -0.2) is 8.42 Å². The zero-order valence-electron chi connectivity index (χ0n) is 24.6. The van der Waals surface area contributed by atoms with E-state index < -0.39 is 15.9 Å². The van der Waals surface area contributed by atoms with Crippen LogP contribution in [0.3, 0.4) is 0 Å². The van der Waals surface area contributed by atoms with Gasteiger partial charge in [-0.2, -0.15) is 0 Å². The molecule has 0 aliphatic heterocycles. The minimum absolute atomic E-state index is 0.122. The number of para-hydroxylation sites is 1. The van der Waals surface area contributed by atoms with E-state index in [0.717, 1.165) is 16.7 Å². The number of sulfonamides is 1. The van der Waals surface area contributed by atoms with Crippen LogP contribution in [0.5, 0.6) is 11.5 Å². The summed E-state index contributed by atoms with van der Waals surface area (Å²) in [6.07, 6.45) is 1.74. The molecule has 10 heteroatoms. The van der Waals surface area contributed by atoms with Gasteiger partial charge in [-0.15, -0.1) is 0 Å². The molecule has 0 aliphatic carbocycles. The van der Waals surface area contributed by atoms with Gasteiger partial charge < -0.3 is 20.1 Å². The van der Waals surface area contributed by atoms with Crippen molar-refractivity contribution in [1.29, 1.82) is 0 Å². The number of methoxy groups -OCH3 is 2. The van der Waals surface area contributed by atoms with Gasteiger partial charge in [0.15, 0.2) is 11.5 Å². The molecule has 224 valence electrons. The van der Waals surface area contributed by atoms with E-state index in [1.54, 1.807) is 68.8 Å². The van der Waals surface area contributed by atoms with E-state index in [1.165, 1.54) is 10.6 Å². The highest BCUT2D eigenvalue weighted by Gasteiger charge is 2.19. The third-order valence-corrected chi connectivity index (χ3v) is 7.94. The predicted molar refractivity (Wildman–Crippen MR) is 169 cm³/mol. The number of anilines is 2. The minimum atomic E-state index is -3.54. The van der Waals surface area contributed by atoms with Crippen molar-refractivity contribution >= 4 is 33.2 Å². The number of nitrogens with one attached hydrogen (secondary N) is 2. The fourth-order valence-corrected chi connectivity index (χ4v) is 5.43. The number of rotatable bonds is 12. The van der Waals surface area contributed by atoms with Crippen molar-refractivity contribution in [3.8, 4) is 11.5 Å². The molecule has 0 heterocycles. The van der Waals surface area contributed by atoms with Gasteiger partial charge in [0.2, 0.25) is 10.0 Å². The van der Waals surface area contributed by atoms with Crippen LogP contribution in [0.1, 0.15) is 37.4 Å². The Labute approximate surface area is 252 Å². The highest BCUT2D eigenvalue weighted by atomic mass is 32.2. The molecule has 4 aromatic carbocycles. The normalized spacial score (nSPS) is 11.0. The summed E-state index contributed by atoms with van der Waals surface area (Å²) >= 11 is 0. The van der Waals surface area contributed by atoms with E-state index in [-0.39, 0.29) is 12.5 Å². The Hall–Kier alpha value is -4.83. The van der Waals surface area contributed by atoms with E-state index in [0.29, 0.717) is 47.0 Å². The highest BCUT2D eigenvalue weighted by Crippen LogP contribution is 2.28. The standard InChI is InChI=1S/C33H35N3O6S/c1-23-8-7-9-27(20-23)36(43(4,39)40)22-25-12-15-26(16-13-25)32(37)35-29-11-6-5-10-28(29)33(38)34-19-18-24-14-17-30(41-2)31(21-24)42-3/h5-17,20-21H,18-19,22H2,1-4H3,(H,34,38)(H,35,37). The second kappa shape index (κ2) is 13.9. The fraction of sp³-hybridized carbons (Fsp3) is 0.212. The molecular formula is C33H35N3O6S. The maximum atomic E-state index is 13.1. The van der Waals surface area contributed by atoms with Crippen molar-refractivity contribution in [2.45, 2.75) is 19.9 Å². The first-order valence-corrected chi connectivity index (χ1v) is 15.5. The topological polar surface area (TPSA) is 114 Å².